The van der Waals surface area contributed by atoms with E-state index in [0.29, 0.717) is 42.5 Å². The van der Waals surface area contributed by atoms with Gasteiger partial charge >= 0.3 is 12.1 Å². The topological polar surface area (TPSA) is 121 Å². The van der Waals surface area contributed by atoms with E-state index in [9.17, 15) is 22.8 Å². The number of aromatic nitrogens is 1. The second-order valence-electron chi connectivity index (χ2n) is 10.7. The van der Waals surface area contributed by atoms with Crippen LogP contribution in [0.2, 0.25) is 5.02 Å². The average molecular weight is 617 g/mol. The number of alkyl halides is 3. The van der Waals surface area contributed by atoms with Crippen molar-refractivity contribution >= 4 is 35.1 Å². The van der Waals surface area contributed by atoms with Crippen molar-refractivity contribution in [3.63, 3.8) is 0 Å². The maximum atomic E-state index is 13.3. The van der Waals surface area contributed by atoms with E-state index in [1.807, 2.05) is 51.7 Å². The van der Waals surface area contributed by atoms with Crippen LogP contribution in [0.4, 0.5) is 18.9 Å². The van der Waals surface area contributed by atoms with Crippen LogP contribution in [0.25, 0.3) is 0 Å². The molecule has 0 aliphatic rings. The highest BCUT2D eigenvalue weighted by Crippen LogP contribution is 2.23. The number of benzene rings is 1. The van der Waals surface area contributed by atoms with Gasteiger partial charge in [-0.05, 0) is 77.8 Å². The first-order chi connectivity index (χ1) is 19.5. The first-order valence-electron chi connectivity index (χ1n) is 13.5. The molecular weight excluding hydrogens is 577 g/mol. The van der Waals surface area contributed by atoms with E-state index in [0.717, 1.165) is 24.9 Å². The molecule has 3 N–H and O–H groups in total. The highest BCUT2D eigenvalue weighted by Gasteiger charge is 2.38. The molecule has 0 saturated carbocycles. The third-order valence-electron chi connectivity index (χ3n) is 5.44. The standard InChI is InChI=1S/C27H39ClN4O3.C2HF3O2/c1-20(2)32(15-8-6-7-9-25(33)31-27(3,4)5)26(34)21-17-22(28)19-24(18-21)35-16-14-30-23-10-12-29-13-11-23;3-2(4,5)1(6)7/h10-13,17-20H,6-9,14-16H2,1-5H3,(H,29,30)(H,31,33);(H,6,7). The number of ether oxygens (including phenoxy) is 1. The number of hydrogen-bond acceptors (Lipinski definition) is 6. The highest BCUT2D eigenvalue weighted by atomic mass is 35.5. The summed E-state index contributed by atoms with van der Waals surface area (Å²) in [5.41, 5.74) is 1.26. The molecule has 1 heterocycles. The lowest BCUT2D eigenvalue weighted by atomic mass is 10.1. The summed E-state index contributed by atoms with van der Waals surface area (Å²) in [7, 11) is 0. The van der Waals surface area contributed by atoms with Crippen LogP contribution in [-0.4, -0.2) is 70.2 Å². The highest BCUT2D eigenvalue weighted by molar-refractivity contribution is 6.31. The van der Waals surface area contributed by atoms with Crippen LogP contribution in [0.15, 0.2) is 42.7 Å². The summed E-state index contributed by atoms with van der Waals surface area (Å²) in [6.07, 6.45) is 1.37. The molecule has 2 rings (SSSR count). The molecule has 0 atom stereocenters. The van der Waals surface area contributed by atoms with Crippen LogP contribution >= 0.6 is 11.6 Å². The number of amides is 2. The number of carboxylic acid groups (broad SMARTS) is 1. The second kappa shape index (κ2) is 17.4. The van der Waals surface area contributed by atoms with Crippen LogP contribution in [0.5, 0.6) is 5.75 Å². The van der Waals surface area contributed by atoms with E-state index in [2.05, 4.69) is 15.6 Å². The summed E-state index contributed by atoms with van der Waals surface area (Å²) >= 11 is 6.30. The van der Waals surface area contributed by atoms with Gasteiger partial charge in [0.2, 0.25) is 5.91 Å². The van der Waals surface area contributed by atoms with Gasteiger partial charge in [0.1, 0.15) is 12.4 Å². The molecule has 13 heteroatoms. The third-order valence-corrected chi connectivity index (χ3v) is 5.66. The van der Waals surface area contributed by atoms with Gasteiger partial charge in [0.25, 0.3) is 5.91 Å². The molecule has 2 aromatic rings. The molecule has 0 aliphatic carbocycles. The lowest BCUT2D eigenvalue weighted by molar-refractivity contribution is -0.192. The van der Waals surface area contributed by atoms with Crippen molar-refractivity contribution in [2.45, 2.75) is 78.1 Å². The number of halogens is 4. The van der Waals surface area contributed by atoms with E-state index in [1.165, 1.54) is 0 Å². The molecule has 9 nitrogen and oxygen atoms in total. The molecule has 42 heavy (non-hydrogen) atoms. The summed E-state index contributed by atoms with van der Waals surface area (Å²) in [5.74, 6) is -2.21. The molecule has 2 amide bonds. The van der Waals surface area contributed by atoms with Crippen LogP contribution in [-0.2, 0) is 9.59 Å². The number of nitrogens with zero attached hydrogens (tertiary/aromatic N) is 2. The number of rotatable bonds is 13. The monoisotopic (exact) mass is 616 g/mol. The van der Waals surface area contributed by atoms with Crippen LogP contribution in [0.3, 0.4) is 0 Å². The Morgan fingerprint density at radius 1 is 1.05 bits per heavy atom. The quantitative estimate of drug-likeness (QED) is 0.230. The molecule has 0 radical (unpaired) electrons. The van der Waals surface area contributed by atoms with Crippen molar-refractivity contribution in [2.75, 3.05) is 25.0 Å². The molecule has 0 bridgehead atoms. The molecule has 0 unspecified atom stereocenters. The van der Waals surface area contributed by atoms with Gasteiger partial charge in [0, 0.05) is 59.8 Å². The van der Waals surface area contributed by atoms with Crippen LogP contribution in [0, 0.1) is 0 Å². The summed E-state index contributed by atoms with van der Waals surface area (Å²) in [6.45, 7) is 11.6. The van der Waals surface area contributed by atoms with Gasteiger partial charge in [0.05, 0.1) is 0 Å². The van der Waals surface area contributed by atoms with Gasteiger partial charge in [0.15, 0.2) is 0 Å². The van der Waals surface area contributed by atoms with Crippen molar-refractivity contribution < 1.29 is 37.4 Å². The molecule has 0 aliphatic heterocycles. The van der Waals surface area contributed by atoms with Crippen molar-refractivity contribution in [1.82, 2.24) is 15.2 Å². The van der Waals surface area contributed by atoms with E-state index >= 15 is 0 Å². The molecule has 0 spiro atoms. The Hall–Kier alpha value is -3.54. The normalized spacial score (nSPS) is 11.3. The van der Waals surface area contributed by atoms with E-state index < -0.39 is 12.1 Å². The minimum atomic E-state index is -5.08. The zero-order valence-electron chi connectivity index (χ0n) is 24.6. The number of nitrogens with one attached hydrogen (secondary N) is 2. The van der Waals surface area contributed by atoms with Crippen molar-refractivity contribution in [3.8, 4) is 5.75 Å². The lowest BCUT2D eigenvalue weighted by Gasteiger charge is -2.27. The summed E-state index contributed by atoms with van der Waals surface area (Å²) < 4.78 is 37.6. The fraction of sp³-hybridized carbons (Fsp3) is 0.517. The molecular formula is C29H40ClF3N4O5. The Kier molecular flexibility index (Phi) is 15.1. The van der Waals surface area contributed by atoms with E-state index in [-0.39, 0.29) is 23.4 Å². The Balaban J connectivity index is 0.00000112. The van der Waals surface area contributed by atoms with Crippen molar-refractivity contribution in [2.24, 2.45) is 0 Å². The second-order valence-corrected chi connectivity index (χ2v) is 11.1. The summed E-state index contributed by atoms with van der Waals surface area (Å²) in [5, 5.41) is 13.8. The number of carbonyl (C=O) groups excluding carboxylic acids is 2. The van der Waals surface area contributed by atoms with Crippen molar-refractivity contribution in [3.05, 3.63) is 53.3 Å². The third kappa shape index (κ3) is 15.5. The fourth-order valence-electron chi connectivity index (χ4n) is 3.59. The van der Waals surface area contributed by atoms with E-state index in [1.54, 1.807) is 30.6 Å². The van der Waals surface area contributed by atoms with Gasteiger partial charge in [-0.2, -0.15) is 13.2 Å². The largest absolute Gasteiger partial charge is 0.492 e. The Morgan fingerprint density at radius 2 is 1.67 bits per heavy atom. The van der Waals surface area contributed by atoms with Crippen LogP contribution < -0.4 is 15.4 Å². The maximum Gasteiger partial charge on any atom is 0.490 e. The SMILES string of the molecule is CC(C)N(CCCCCC(=O)NC(C)(C)C)C(=O)c1cc(Cl)cc(OCCNc2ccncc2)c1.O=C(O)C(F)(F)F. The Morgan fingerprint density at radius 3 is 2.21 bits per heavy atom. The smallest absolute Gasteiger partial charge is 0.490 e. The number of aliphatic carboxylic acids is 1. The molecule has 1 aromatic heterocycles. The number of carbonyl (C=O) groups is 3. The van der Waals surface area contributed by atoms with Crippen molar-refractivity contribution in [1.29, 1.82) is 0 Å². The first kappa shape index (κ1) is 36.5. The Labute approximate surface area is 249 Å². The molecule has 234 valence electrons. The van der Waals surface area contributed by atoms with Gasteiger partial charge in [-0.3, -0.25) is 14.6 Å². The number of carboxylic acids is 1. The number of unbranched alkanes of at least 4 members (excludes halogenated alkanes) is 2. The fourth-order valence-corrected chi connectivity index (χ4v) is 3.81. The maximum absolute atomic E-state index is 13.3. The zero-order chi connectivity index (χ0) is 31.9. The predicted octanol–water partition coefficient (Wildman–Crippen LogP) is 6.18. The predicted molar refractivity (Wildman–Crippen MR) is 156 cm³/mol. The minimum Gasteiger partial charge on any atom is -0.492 e. The summed E-state index contributed by atoms with van der Waals surface area (Å²) in [4.78, 5) is 40.0. The number of pyridine rings is 1. The number of anilines is 1. The van der Waals surface area contributed by atoms with Gasteiger partial charge < -0.3 is 25.4 Å². The minimum absolute atomic E-state index is 0.0413. The van der Waals surface area contributed by atoms with Gasteiger partial charge in [-0.15, -0.1) is 0 Å². The number of hydrogen-bond donors (Lipinski definition) is 3. The zero-order valence-corrected chi connectivity index (χ0v) is 25.3. The summed E-state index contributed by atoms with van der Waals surface area (Å²) in [6, 6.07) is 8.95. The molecule has 1 aromatic carbocycles. The van der Waals surface area contributed by atoms with Gasteiger partial charge in [-0.1, -0.05) is 18.0 Å². The Bertz CT molecular complexity index is 1140. The van der Waals surface area contributed by atoms with Crippen LogP contribution in [0.1, 0.15) is 70.7 Å². The average Bonchev–Trinajstić information content (AvgIpc) is 2.87. The van der Waals surface area contributed by atoms with Gasteiger partial charge in [-0.25, -0.2) is 4.79 Å². The van der Waals surface area contributed by atoms with E-state index in [4.69, 9.17) is 26.2 Å². The molecule has 0 saturated heterocycles. The molecule has 0 fully saturated rings. The lowest BCUT2D eigenvalue weighted by Crippen LogP contribution is -2.40. The first-order valence-corrected chi connectivity index (χ1v) is 13.9.